The van der Waals surface area contributed by atoms with Crippen LogP contribution < -0.4 is 5.32 Å². The van der Waals surface area contributed by atoms with Crippen molar-refractivity contribution in [1.29, 1.82) is 0 Å². The molecule has 30 heavy (non-hydrogen) atoms. The fourth-order valence-electron chi connectivity index (χ4n) is 2.86. The first-order chi connectivity index (χ1) is 14.1. The smallest absolute Gasteiger partial charge is 0.340 e. The van der Waals surface area contributed by atoms with Crippen LogP contribution in [-0.4, -0.2) is 19.6 Å². The zero-order chi connectivity index (χ0) is 21.5. The van der Waals surface area contributed by atoms with Crippen molar-refractivity contribution in [2.45, 2.75) is 12.4 Å². The molecule has 0 aliphatic carbocycles. The number of halogens is 6. The number of hydrogen-bond acceptors (Lipinski definition) is 4. The van der Waals surface area contributed by atoms with Gasteiger partial charge in [0.25, 0.3) is 0 Å². The Labute approximate surface area is 165 Å². The number of hydrogen-bond donors (Lipinski definition) is 1. The lowest BCUT2D eigenvalue weighted by Gasteiger charge is -2.10. The van der Waals surface area contributed by atoms with Gasteiger partial charge in [-0.05, 0) is 42.5 Å². The van der Waals surface area contributed by atoms with Crippen molar-refractivity contribution in [1.82, 2.24) is 19.6 Å². The first-order valence-electron chi connectivity index (χ1n) is 8.45. The Morgan fingerprint density at radius 1 is 0.833 bits per heavy atom. The molecule has 0 fully saturated rings. The van der Waals surface area contributed by atoms with Crippen molar-refractivity contribution >= 4 is 17.0 Å². The van der Waals surface area contributed by atoms with E-state index in [1.54, 1.807) is 6.07 Å². The third-order valence-electron chi connectivity index (χ3n) is 4.17. The number of pyridine rings is 1. The molecule has 1 N–H and O–H groups in total. The number of alkyl halides is 6. The average molecular weight is 423 g/mol. The monoisotopic (exact) mass is 423 g/mol. The molecule has 1 aromatic carbocycles. The van der Waals surface area contributed by atoms with Crippen LogP contribution in [0.25, 0.3) is 16.9 Å². The van der Waals surface area contributed by atoms with Crippen molar-refractivity contribution in [3.8, 4) is 11.4 Å². The molecular formula is C19H11F6N5. The lowest BCUT2D eigenvalue weighted by molar-refractivity contribution is -0.141. The predicted molar refractivity (Wildman–Crippen MR) is 95.9 cm³/mol. The second-order valence-corrected chi connectivity index (χ2v) is 6.22. The van der Waals surface area contributed by atoms with Crippen molar-refractivity contribution in [2.24, 2.45) is 0 Å². The van der Waals surface area contributed by atoms with Gasteiger partial charge in [0.1, 0.15) is 5.82 Å². The molecule has 4 rings (SSSR count). The fraction of sp³-hybridized carbons (Fsp3) is 0.105. The maximum atomic E-state index is 13.5. The van der Waals surface area contributed by atoms with Gasteiger partial charge in [-0.2, -0.15) is 31.4 Å². The topological polar surface area (TPSA) is 55.1 Å². The molecule has 0 saturated carbocycles. The summed E-state index contributed by atoms with van der Waals surface area (Å²) in [6.07, 6.45) is -6.58. The third kappa shape index (κ3) is 3.78. The van der Waals surface area contributed by atoms with Crippen LogP contribution in [0.15, 0.2) is 60.9 Å². The van der Waals surface area contributed by atoms with Gasteiger partial charge in [-0.15, -0.1) is 0 Å². The van der Waals surface area contributed by atoms with Crippen LogP contribution >= 0.6 is 0 Å². The molecule has 0 amide bonds. The number of benzene rings is 1. The highest BCUT2D eigenvalue weighted by atomic mass is 19.4. The van der Waals surface area contributed by atoms with E-state index < -0.39 is 23.6 Å². The highest BCUT2D eigenvalue weighted by molar-refractivity contribution is 5.79. The lowest BCUT2D eigenvalue weighted by atomic mass is 10.1. The minimum Gasteiger partial charge on any atom is -0.340 e. The van der Waals surface area contributed by atoms with Crippen molar-refractivity contribution in [2.75, 3.05) is 5.32 Å². The predicted octanol–water partition coefficient (Wildman–Crippen LogP) is 5.57. The van der Waals surface area contributed by atoms with Crippen LogP contribution in [-0.2, 0) is 12.4 Å². The standard InChI is InChI=1S/C19H11F6N5/c20-18(21,22)11-4-6-12(7-5-11)27-14-8-9-26-17(28-14)15-13-3-1-2-10-30(13)29-16(15)19(23,24)25/h1-10H,(H,26,27,28). The van der Waals surface area contributed by atoms with Crippen LogP contribution in [0.2, 0.25) is 0 Å². The van der Waals surface area contributed by atoms with E-state index in [4.69, 9.17) is 0 Å². The van der Waals surface area contributed by atoms with Gasteiger partial charge < -0.3 is 5.32 Å². The molecule has 0 radical (unpaired) electrons. The number of anilines is 2. The zero-order valence-electron chi connectivity index (χ0n) is 14.8. The summed E-state index contributed by atoms with van der Waals surface area (Å²) in [5.41, 5.74) is -1.81. The van der Waals surface area contributed by atoms with Crippen LogP contribution in [0, 0.1) is 0 Å². The second-order valence-electron chi connectivity index (χ2n) is 6.22. The largest absolute Gasteiger partial charge is 0.435 e. The molecule has 0 atom stereocenters. The Balaban J connectivity index is 1.73. The Bertz CT molecular complexity index is 1190. The van der Waals surface area contributed by atoms with Gasteiger partial charge in [0.05, 0.1) is 16.6 Å². The molecule has 0 spiro atoms. The van der Waals surface area contributed by atoms with E-state index >= 15 is 0 Å². The molecular weight excluding hydrogens is 412 g/mol. The minimum absolute atomic E-state index is 0.114. The second kappa shape index (κ2) is 7.01. The van der Waals surface area contributed by atoms with E-state index in [0.717, 1.165) is 16.6 Å². The Hall–Kier alpha value is -3.63. The number of fused-ring (bicyclic) bond motifs is 1. The zero-order valence-corrected chi connectivity index (χ0v) is 14.8. The van der Waals surface area contributed by atoms with Gasteiger partial charge in [-0.25, -0.2) is 14.5 Å². The van der Waals surface area contributed by atoms with Gasteiger partial charge in [-0.1, -0.05) is 6.07 Å². The van der Waals surface area contributed by atoms with Crippen LogP contribution in [0.1, 0.15) is 11.3 Å². The normalized spacial score (nSPS) is 12.3. The summed E-state index contributed by atoms with van der Waals surface area (Å²) >= 11 is 0. The minimum atomic E-state index is -4.73. The van der Waals surface area contributed by atoms with E-state index in [2.05, 4.69) is 20.4 Å². The highest BCUT2D eigenvalue weighted by Gasteiger charge is 2.39. The van der Waals surface area contributed by atoms with Crippen molar-refractivity contribution in [3.05, 3.63) is 72.2 Å². The van der Waals surface area contributed by atoms with E-state index in [0.29, 0.717) is 0 Å². The molecule has 3 heterocycles. The van der Waals surface area contributed by atoms with Gasteiger partial charge in [0, 0.05) is 18.1 Å². The summed E-state index contributed by atoms with van der Waals surface area (Å²) < 4.78 is 79.7. The summed E-state index contributed by atoms with van der Waals surface area (Å²) in [6.45, 7) is 0. The molecule has 4 aromatic rings. The summed E-state index contributed by atoms with van der Waals surface area (Å²) in [6, 6.07) is 10.1. The molecule has 154 valence electrons. The van der Waals surface area contributed by atoms with Gasteiger partial charge in [-0.3, -0.25) is 0 Å². The van der Waals surface area contributed by atoms with Gasteiger partial charge in [0.2, 0.25) is 0 Å². The molecule has 0 aliphatic rings. The quantitative estimate of drug-likeness (QED) is 0.438. The first-order valence-corrected chi connectivity index (χ1v) is 8.45. The summed E-state index contributed by atoms with van der Waals surface area (Å²) in [4.78, 5) is 8.05. The molecule has 0 saturated heterocycles. The molecule has 0 unspecified atom stereocenters. The Morgan fingerprint density at radius 2 is 1.57 bits per heavy atom. The molecule has 3 aromatic heterocycles. The van der Waals surface area contributed by atoms with Crippen molar-refractivity contribution < 1.29 is 26.3 Å². The number of nitrogens with zero attached hydrogens (tertiary/aromatic N) is 4. The number of aromatic nitrogens is 4. The van der Waals surface area contributed by atoms with Gasteiger partial charge >= 0.3 is 12.4 Å². The van der Waals surface area contributed by atoms with E-state index in [-0.39, 0.29) is 28.4 Å². The summed E-state index contributed by atoms with van der Waals surface area (Å²) in [5, 5.41) is 6.36. The van der Waals surface area contributed by atoms with E-state index in [1.807, 2.05) is 0 Å². The first kappa shape index (κ1) is 19.7. The van der Waals surface area contributed by atoms with Crippen LogP contribution in [0.4, 0.5) is 37.8 Å². The van der Waals surface area contributed by atoms with Crippen molar-refractivity contribution in [3.63, 3.8) is 0 Å². The lowest BCUT2D eigenvalue weighted by Crippen LogP contribution is -2.09. The Morgan fingerprint density at radius 3 is 2.23 bits per heavy atom. The Kier molecular flexibility index (Phi) is 4.60. The number of nitrogens with one attached hydrogen (secondary N) is 1. The van der Waals surface area contributed by atoms with E-state index in [1.165, 1.54) is 42.7 Å². The molecule has 11 heteroatoms. The average Bonchev–Trinajstić information content (AvgIpc) is 3.08. The highest BCUT2D eigenvalue weighted by Crippen LogP contribution is 2.38. The molecule has 5 nitrogen and oxygen atoms in total. The summed E-state index contributed by atoms with van der Waals surface area (Å²) in [5.74, 6) is -0.108. The van der Waals surface area contributed by atoms with Gasteiger partial charge in [0.15, 0.2) is 11.5 Å². The maximum absolute atomic E-state index is 13.5. The SMILES string of the molecule is FC(F)(F)c1ccc(Nc2ccnc(-c3c(C(F)(F)F)nn4ccccc34)n2)cc1. The van der Waals surface area contributed by atoms with E-state index in [9.17, 15) is 26.3 Å². The molecule has 0 bridgehead atoms. The van der Waals surface area contributed by atoms with Crippen LogP contribution in [0.5, 0.6) is 0 Å². The maximum Gasteiger partial charge on any atom is 0.435 e. The number of rotatable bonds is 3. The molecule has 0 aliphatic heterocycles. The fourth-order valence-corrected chi connectivity index (χ4v) is 2.86. The summed E-state index contributed by atoms with van der Waals surface area (Å²) in [7, 11) is 0. The van der Waals surface area contributed by atoms with Crippen LogP contribution in [0.3, 0.4) is 0 Å². The third-order valence-corrected chi connectivity index (χ3v) is 4.17.